The lowest BCUT2D eigenvalue weighted by molar-refractivity contribution is 0.0524. The maximum atomic E-state index is 7.58. The summed E-state index contributed by atoms with van der Waals surface area (Å²) in [5.74, 6) is 0.562. The standard InChI is InChI=1S/C23H32N5OP/c1-15-10-16(17(13-24)14-25-30)6-7-19(15)20-8-9-21(27-26-20)29-18-11-22(2,3)28-23(4,5)12-18/h6-10,13-14,18,24-25,28H,11-12,30H2,1-5H3/b17-14+,24-13?. The van der Waals surface area contributed by atoms with Crippen molar-refractivity contribution in [3.05, 3.63) is 47.7 Å². The van der Waals surface area contributed by atoms with E-state index in [0.29, 0.717) is 5.88 Å². The van der Waals surface area contributed by atoms with Crippen molar-refractivity contribution in [1.29, 1.82) is 5.41 Å². The van der Waals surface area contributed by atoms with Gasteiger partial charge in [0.1, 0.15) is 6.10 Å². The van der Waals surface area contributed by atoms with Gasteiger partial charge in [-0.15, -0.1) is 10.2 Å². The van der Waals surface area contributed by atoms with Crippen molar-refractivity contribution in [3.63, 3.8) is 0 Å². The third-order valence-corrected chi connectivity index (χ3v) is 5.48. The summed E-state index contributed by atoms with van der Waals surface area (Å²) in [6, 6.07) is 9.93. The minimum absolute atomic E-state index is 0.0222. The molecule has 0 aliphatic carbocycles. The van der Waals surface area contributed by atoms with Gasteiger partial charge in [0.15, 0.2) is 0 Å². The van der Waals surface area contributed by atoms with Crippen molar-refractivity contribution in [3.8, 4) is 17.1 Å². The van der Waals surface area contributed by atoms with Crippen LogP contribution in [-0.2, 0) is 0 Å². The molecule has 1 saturated heterocycles. The second kappa shape index (κ2) is 8.83. The van der Waals surface area contributed by atoms with Crippen molar-refractivity contribution in [2.75, 3.05) is 0 Å². The third kappa shape index (κ3) is 5.44. The lowest BCUT2D eigenvalue weighted by atomic mass is 9.81. The first-order valence-electron chi connectivity index (χ1n) is 10.2. The van der Waals surface area contributed by atoms with Gasteiger partial charge in [-0.3, -0.25) is 0 Å². The van der Waals surface area contributed by atoms with E-state index in [1.54, 1.807) is 6.20 Å². The molecule has 1 atom stereocenters. The Hall–Kier alpha value is -2.30. The predicted molar refractivity (Wildman–Crippen MR) is 127 cm³/mol. The molecule has 2 heterocycles. The molecule has 1 aromatic carbocycles. The van der Waals surface area contributed by atoms with Crippen molar-refractivity contribution < 1.29 is 4.74 Å². The van der Waals surface area contributed by atoms with E-state index >= 15 is 0 Å². The zero-order chi connectivity index (χ0) is 21.9. The topological polar surface area (TPSA) is 82.9 Å². The minimum atomic E-state index is 0.0222. The molecule has 30 heavy (non-hydrogen) atoms. The summed E-state index contributed by atoms with van der Waals surface area (Å²) in [5.41, 5.74) is 4.73. The highest BCUT2D eigenvalue weighted by molar-refractivity contribution is 7.13. The first-order valence-corrected chi connectivity index (χ1v) is 10.8. The molecule has 1 aromatic heterocycles. The summed E-state index contributed by atoms with van der Waals surface area (Å²) >= 11 is 0. The number of aryl methyl sites for hydroxylation is 1. The smallest absolute Gasteiger partial charge is 0.233 e. The van der Waals surface area contributed by atoms with Crippen LogP contribution in [0.3, 0.4) is 0 Å². The number of rotatable bonds is 6. The molecule has 6 nitrogen and oxygen atoms in total. The Bertz CT molecular complexity index is 921. The van der Waals surface area contributed by atoms with Crippen LogP contribution in [0.4, 0.5) is 0 Å². The van der Waals surface area contributed by atoms with Crippen LogP contribution in [-0.4, -0.2) is 33.6 Å². The van der Waals surface area contributed by atoms with E-state index in [1.807, 2.05) is 31.2 Å². The Labute approximate surface area is 181 Å². The number of nitrogens with one attached hydrogen (secondary N) is 3. The molecule has 0 bridgehead atoms. The van der Waals surface area contributed by atoms with Crippen LogP contribution < -0.4 is 15.1 Å². The molecule has 1 fully saturated rings. The van der Waals surface area contributed by atoms with Crippen molar-refractivity contribution in [1.82, 2.24) is 20.6 Å². The second-order valence-corrected chi connectivity index (χ2v) is 9.57. The highest BCUT2D eigenvalue weighted by atomic mass is 31.0. The highest BCUT2D eigenvalue weighted by Gasteiger charge is 2.38. The fourth-order valence-corrected chi connectivity index (χ4v) is 4.62. The fraction of sp³-hybridized carbons (Fsp3) is 0.435. The molecule has 0 radical (unpaired) electrons. The van der Waals surface area contributed by atoms with Crippen molar-refractivity contribution in [2.45, 2.75) is 64.6 Å². The lowest BCUT2D eigenvalue weighted by Crippen LogP contribution is -2.60. The molecular weight excluding hydrogens is 393 g/mol. The van der Waals surface area contributed by atoms with Crippen LogP contribution in [0.1, 0.15) is 51.7 Å². The third-order valence-electron chi connectivity index (χ3n) is 5.31. The van der Waals surface area contributed by atoms with E-state index in [4.69, 9.17) is 10.1 Å². The van der Waals surface area contributed by atoms with Gasteiger partial charge in [0.2, 0.25) is 5.88 Å². The Morgan fingerprint density at radius 2 is 1.87 bits per heavy atom. The molecule has 0 saturated carbocycles. The summed E-state index contributed by atoms with van der Waals surface area (Å²) in [7, 11) is 2.42. The first kappa shape index (κ1) is 22.4. The molecule has 3 rings (SSSR count). The quantitative estimate of drug-likeness (QED) is 0.469. The number of ether oxygens (including phenoxy) is 1. The number of aromatic nitrogens is 2. The largest absolute Gasteiger partial charge is 0.473 e. The molecule has 0 amide bonds. The Morgan fingerprint density at radius 3 is 2.40 bits per heavy atom. The molecule has 1 unspecified atom stereocenters. The highest BCUT2D eigenvalue weighted by Crippen LogP contribution is 2.31. The zero-order valence-corrected chi connectivity index (χ0v) is 19.6. The molecule has 7 heteroatoms. The monoisotopic (exact) mass is 425 g/mol. The molecule has 160 valence electrons. The average Bonchev–Trinajstić information content (AvgIpc) is 2.64. The predicted octanol–water partition coefficient (Wildman–Crippen LogP) is 4.51. The molecule has 1 aliphatic rings. The van der Waals surface area contributed by atoms with Gasteiger partial charge in [-0.1, -0.05) is 18.2 Å². The SMILES string of the molecule is Cc1cc(/C(C=N)=C/NP)ccc1-c1ccc(OC2CC(C)(C)NC(C)(C)C2)nn1. The maximum Gasteiger partial charge on any atom is 0.233 e. The lowest BCUT2D eigenvalue weighted by Gasteiger charge is -2.46. The Morgan fingerprint density at radius 1 is 1.17 bits per heavy atom. The summed E-state index contributed by atoms with van der Waals surface area (Å²) in [5, 5.41) is 22.9. The minimum Gasteiger partial charge on any atom is -0.473 e. The summed E-state index contributed by atoms with van der Waals surface area (Å²) < 4.78 is 6.18. The number of hydrogen-bond acceptors (Lipinski definition) is 6. The number of hydrogen-bond donors (Lipinski definition) is 3. The van der Waals surface area contributed by atoms with Crippen molar-refractivity contribution in [2.24, 2.45) is 0 Å². The van der Waals surface area contributed by atoms with Crippen molar-refractivity contribution >= 4 is 21.2 Å². The van der Waals surface area contributed by atoms with Crippen LogP contribution in [0, 0.1) is 12.3 Å². The Kier molecular flexibility index (Phi) is 6.59. The number of benzene rings is 1. The number of allylic oxidation sites excluding steroid dienone is 1. The molecule has 0 spiro atoms. The van der Waals surface area contributed by atoms with E-state index < -0.39 is 0 Å². The molecular formula is C23H32N5OP. The van der Waals surface area contributed by atoms with E-state index in [-0.39, 0.29) is 17.2 Å². The van der Waals surface area contributed by atoms with E-state index in [9.17, 15) is 0 Å². The van der Waals surface area contributed by atoms with Gasteiger partial charge in [-0.05, 0) is 61.2 Å². The van der Waals surface area contributed by atoms with E-state index in [2.05, 4.69) is 63.8 Å². The van der Waals surface area contributed by atoms with Crippen LogP contribution in [0.25, 0.3) is 16.8 Å². The summed E-state index contributed by atoms with van der Waals surface area (Å²) in [6.07, 6.45) is 5.07. The van der Waals surface area contributed by atoms with Gasteiger partial charge in [0, 0.05) is 53.5 Å². The second-order valence-electron chi connectivity index (χ2n) is 9.24. The summed E-state index contributed by atoms with van der Waals surface area (Å²) in [6.45, 7) is 10.9. The Balaban J connectivity index is 1.76. The maximum absolute atomic E-state index is 7.58. The van der Waals surface area contributed by atoms with Crippen LogP contribution >= 0.6 is 9.39 Å². The first-order chi connectivity index (χ1) is 14.1. The van der Waals surface area contributed by atoms with Gasteiger partial charge < -0.3 is 20.6 Å². The van der Waals surface area contributed by atoms with Crippen LogP contribution in [0.2, 0.25) is 0 Å². The molecule has 1 aliphatic heterocycles. The van der Waals surface area contributed by atoms with Gasteiger partial charge in [0.25, 0.3) is 0 Å². The average molecular weight is 426 g/mol. The van der Waals surface area contributed by atoms with Gasteiger partial charge in [-0.25, -0.2) is 0 Å². The molecule has 3 N–H and O–H groups in total. The van der Waals surface area contributed by atoms with Gasteiger partial charge >= 0.3 is 0 Å². The van der Waals surface area contributed by atoms with E-state index in [1.165, 1.54) is 6.21 Å². The van der Waals surface area contributed by atoms with Crippen LogP contribution in [0.5, 0.6) is 5.88 Å². The molecule has 2 aromatic rings. The summed E-state index contributed by atoms with van der Waals surface area (Å²) in [4.78, 5) is 0. The number of nitrogens with zero attached hydrogens (tertiary/aromatic N) is 2. The normalized spacial score (nSPS) is 18.7. The van der Waals surface area contributed by atoms with Crippen LogP contribution in [0.15, 0.2) is 36.5 Å². The number of piperidine rings is 1. The fourth-order valence-electron chi connectivity index (χ4n) is 4.44. The zero-order valence-electron chi connectivity index (χ0n) is 18.4. The van der Waals surface area contributed by atoms with E-state index in [0.717, 1.165) is 40.8 Å². The van der Waals surface area contributed by atoms with Gasteiger partial charge in [-0.2, -0.15) is 0 Å². The van der Waals surface area contributed by atoms with Gasteiger partial charge in [0.05, 0.1) is 5.69 Å².